The van der Waals surface area contributed by atoms with Gasteiger partial charge in [0, 0.05) is 16.5 Å². The summed E-state index contributed by atoms with van der Waals surface area (Å²) in [4.78, 5) is 11.2. The highest BCUT2D eigenvalue weighted by Gasteiger charge is 2.13. The van der Waals surface area contributed by atoms with Gasteiger partial charge in [0.1, 0.15) is 29.5 Å². The topological polar surface area (TPSA) is 62.5 Å². The smallest absolute Gasteiger partial charge is 0.135 e. The van der Waals surface area contributed by atoms with E-state index in [4.69, 9.17) is 20.8 Å². The van der Waals surface area contributed by atoms with Crippen molar-refractivity contribution < 1.29 is 23.4 Å². The quantitative estimate of drug-likeness (QED) is 0.733. The number of rotatable bonds is 4. The van der Waals surface area contributed by atoms with Crippen molar-refractivity contribution in [2.24, 2.45) is 0 Å². The van der Waals surface area contributed by atoms with Gasteiger partial charge in [0.25, 0.3) is 0 Å². The van der Waals surface area contributed by atoms with Gasteiger partial charge in [0.15, 0.2) is 0 Å². The molecule has 6 heteroatoms. The molecule has 4 nitrogen and oxygen atoms in total. The van der Waals surface area contributed by atoms with Gasteiger partial charge < -0.3 is 19.1 Å². The lowest BCUT2D eigenvalue weighted by molar-refractivity contribution is -0.254. The van der Waals surface area contributed by atoms with E-state index in [0.29, 0.717) is 16.7 Å². The van der Waals surface area contributed by atoms with Crippen LogP contribution in [0.25, 0.3) is 11.0 Å². The molecule has 0 spiro atoms. The van der Waals surface area contributed by atoms with E-state index >= 15 is 0 Å². The molecule has 0 aliphatic carbocycles. The van der Waals surface area contributed by atoms with E-state index < -0.39 is 11.8 Å². The number of benzene rings is 2. The molecule has 0 unspecified atom stereocenters. The van der Waals surface area contributed by atoms with Gasteiger partial charge in [-0.3, -0.25) is 0 Å². The number of fused-ring (bicyclic) bond motifs is 1. The first kappa shape index (κ1) is 15.4. The standard InChI is InChI=1S/C17H12ClFO4/c1-9-16(17(20)21)11-7-10(5-6-15(11)23-9)22-8-12-13(18)3-2-4-14(12)19/h2-7H,8H2,1H3,(H,20,21)/p-1. The molecule has 0 fully saturated rings. The Balaban J connectivity index is 1.92. The van der Waals surface area contributed by atoms with Crippen molar-refractivity contribution in [1.82, 2.24) is 0 Å². The van der Waals surface area contributed by atoms with Crippen LogP contribution in [-0.2, 0) is 6.61 Å². The molecule has 1 aromatic heterocycles. The largest absolute Gasteiger partial charge is 0.545 e. The van der Waals surface area contributed by atoms with Crippen LogP contribution in [0.1, 0.15) is 21.7 Å². The summed E-state index contributed by atoms with van der Waals surface area (Å²) in [6, 6.07) is 9.09. The van der Waals surface area contributed by atoms with E-state index in [9.17, 15) is 14.3 Å². The maximum atomic E-state index is 13.7. The summed E-state index contributed by atoms with van der Waals surface area (Å²) in [5.74, 6) is -1.15. The molecule has 1 heterocycles. The molecule has 3 aromatic rings. The van der Waals surface area contributed by atoms with Crippen LogP contribution >= 0.6 is 11.6 Å². The number of aryl methyl sites for hydroxylation is 1. The first-order chi connectivity index (χ1) is 11.0. The fraction of sp³-hybridized carbons (Fsp3) is 0.118. The molecule has 2 aromatic carbocycles. The van der Waals surface area contributed by atoms with E-state index in [1.165, 1.54) is 18.2 Å². The monoisotopic (exact) mass is 333 g/mol. The van der Waals surface area contributed by atoms with Crippen molar-refractivity contribution in [1.29, 1.82) is 0 Å². The fourth-order valence-corrected chi connectivity index (χ4v) is 2.59. The molecule has 0 saturated heterocycles. The molecule has 0 saturated carbocycles. The Hall–Kier alpha value is -2.53. The number of carboxylic acid groups (broad SMARTS) is 1. The van der Waals surface area contributed by atoms with Crippen molar-refractivity contribution in [2.75, 3.05) is 0 Å². The van der Waals surface area contributed by atoms with E-state index in [0.717, 1.165) is 0 Å². The number of halogens is 2. The van der Waals surface area contributed by atoms with Crippen LogP contribution in [-0.4, -0.2) is 5.97 Å². The SMILES string of the molecule is Cc1oc2ccc(OCc3c(F)cccc3Cl)cc2c1C(=O)[O-]. The van der Waals surface area contributed by atoms with Gasteiger partial charge >= 0.3 is 0 Å². The normalized spacial score (nSPS) is 10.9. The molecule has 0 atom stereocenters. The molecular weight excluding hydrogens is 323 g/mol. The van der Waals surface area contributed by atoms with E-state index in [1.807, 2.05) is 0 Å². The number of ether oxygens (including phenoxy) is 1. The van der Waals surface area contributed by atoms with Crippen LogP contribution in [0.15, 0.2) is 40.8 Å². The van der Waals surface area contributed by atoms with Gasteiger partial charge in [-0.1, -0.05) is 17.7 Å². The summed E-state index contributed by atoms with van der Waals surface area (Å²) in [6.07, 6.45) is 0. The predicted octanol–water partition coefficient (Wildman–Crippen LogP) is 3.48. The summed E-state index contributed by atoms with van der Waals surface area (Å²) >= 11 is 5.94. The lowest BCUT2D eigenvalue weighted by Gasteiger charge is -2.09. The summed E-state index contributed by atoms with van der Waals surface area (Å²) < 4.78 is 24.6. The second kappa shape index (κ2) is 5.93. The van der Waals surface area contributed by atoms with E-state index in [2.05, 4.69) is 0 Å². The van der Waals surface area contributed by atoms with Gasteiger partial charge in [-0.05, 0) is 37.3 Å². The number of carbonyl (C=O) groups is 1. The molecule has 23 heavy (non-hydrogen) atoms. The third-order valence-electron chi connectivity index (χ3n) is 3.48. The van der Waals surface area contributed by atoms with Crippen LogP contribution < -0.4 is 9.84 Å². The lowest BCUT2D eigenvalue weighted by Crippen LogP contribution is -2.22. The van der Waals surface area contributed by atoms with Crippen molar-refractivity contribution in [3.05, 3.63) is 64.1 Å². The van der Waals surface area contributed by atoms with Gasteiger partial charge in [0.2, 0.25) is 0 Å². The highest BCUT2D eigenvalue weighted by Crippen LogP contribution is 2.29. The summed E-state index contributed by atoms with van der Waals surface area (Å²) in [5, 5.41) is 11.8. The molecule has 0 aliphatic rings. The van der Waals surface area contributed by atoms with Gasteiger partial charge in [-0.15, -0.1) is 0 Å². The zero-order valence-corrected chi connectivity index (χ0v) is 12.8. The highest BCUT2D eigenvalue weighted by molar-refractivity contribution is 6.31. The second-order valence-corrected chi connectivity index (χ2v) is 5.37. The van der Waals surface area contributed by atoms with Crippen molar-refractivity contribution in [3.63, 3.8) is 0 Å². The van der Waals surface area contributed by atoms with E-state index in [1.54, 1.807) is 25.1 Å². The molecule has 0 bridgehead atoms. The minimum absolute atomic E-state index is 0.0191. The Morgan fingerprint density at radius 1 is 1.35 bits per heavy atom. The van der Waals surface area contributed by atoms with Crippen molar-refractivity contribution in [2.45, 2.75) is 13.5 Å². The highest BCUT2D eigenvalue weighted by atomic mass is 35.5. The minimum atomic E-state index is -1.32. The fourth-order valence-electron chi connectivity index (χ4n) is 2.37. The Bertz CT molecular complexity index is 881. The summed E-state index contributed by atoms with van der Waals surface area (Å²) in [5.41, 5.74) is 0.630. The van der Waals surface area contributed by atoms with Crippen LogP contribution in [0.3, 0.4) is 0 Å². The van der Waals surface area contributed by atoms with E-state index in [-0.39, 0.29) is 28.5 Å². The summed E-state index contributed by atoms with van der Waals surface area (Å²) in [7, 11) is 0. The average molecular weight is 334 g/mol. The minimum Gasteiger partial charge on any atom is -0.545 e. The van der Waals surface area contributed by atoms with Gasteiger partial charge in [0.05, 0.1) is 11.0 Å². The van der Waals surface area contributed by atoms with Crippen LogP contribution in [0.5, 0.6) is 5.75 Å². The average Bonchev–Trinajstić information content (AvgIpc) is 2.82. The first-order valence-corrected chi connectivity index (χ1v) is 7.15. The number of furan rings is 1. The molecule has 0 N–H and O–H groups in total. The number of hydrogen-bond acceptors (Lipinski definition) is 4. The molecular formula is C17H11ClFO4-. The maximum Gasteiger partial charge on any atom is 0.135 e. The Kier molecular flexibility index (Phi) is 3.96. The van der Waals surface area contributed by atoms with Gasteiger partial charge in [-0.2, -0.15) is 0 Å². The van der Waals surface area contributed by atoms with Crippen LogP contribution in [0, 0.1) is 12.7 Å². The van der Waals surface area contributed by atoms with Crippen molar-refractivity contribution >= 4 is 28.5 Å². The Labute approximate surface area is 136 Å². The molecule has 0 radical (unpaired) electrons. The third kappa shape index (κ3) is 2.87. The van der Waals surface area contributed by atoms with Gasteiger partial charge in [-0.25, -0.2) is 4.39 Å². The van der Waals surface area contributed by atoms with Crippen LogP contribution in [0.4, 0.5) is 4.39 Å². The molecule has 3 rings (SSSR count). The molecule has 118 valence electrons. The number of carboxylic acids is 1. The Morgan fingerprint density at radius 3 is 2.83 bits per heavy atom. The number of aromatic carboxylic acids is 1. The first-order valence-electron chi connectivity index (χ1n) is 6.77. The molecule has 0 amide bonds. The molecule has 0 aliphatic heterocycles. The van der Waals surface area contributed by atoms with Crippen molar-refractivity contribution in [3.8, 4) is 5.75 Å². The maximum absolute atomic E-state index is 13.7. The zero-order chi connectivity index (χ0) is 16.6. The summed E-state index contributed by atoms with van der Waals surface area (Å²) in [6.45, 7) is 1.47. The second-order valence-electron chi connectivity index (χ2n) is 4.97. The zero-order valence-electron chi connectivity index (χ0n) is 12.1. The predicted molar refractivity (Wildman–Crippen MR) is 81.0 cm³/mol. The Morgan fingerprint density at radius 2 is 2.13 bits per heavy atom. The number of carbonyl (C=O) groups excluding carboxylic acids is 1. The number of hydrogen-bond donors (Lipinski definition) is 0. The lowest BCUT2D eigenvalue weighted by atomic mass is 10.1. The third-order valence-corrected chi connectivity index (χ3v) is 3.84. The van der Waals surface area contributed by atoms with Crippen LogP contribution in [0.2, 0.25) is 5.02 Å².